The van der Waals surface area contributed by atoms with Crippen molar-refractivity contribution < 1.29 is 13.5 Å². The van der Waals surface area contributed by atoms with Gasteiger partial charge in [-0.25, -0.2) is 8.42 Å². The van der Waals surface area contributed by atoms with Crippen molar-refractivity contribution in [3.63, 3.8) is 0 Å². The average molecular weight is 325 g/mol. The molecule has 0 fully saturated rings. The fourth-order valence-corrected chi connectivity index (χ4v) is 4.16. The molecule has 2 aromatic rings. The van der Waals surface area contributed by atoms with Gasteiger partial charge in [0.05, 0.1) is 6.61 Å². The number of rotatable bonds is 7. The highest BCUT2D eigenvalue weighted by Crippen LogP contribution is 2.23. The first-order valence-electron chi connectivity index (χ1n) is 6.85. The van der Waals surface area contributed by atoms with Gasteiger partial charge in [0.1, 0.15) is 4.21 Å². The van der Waals surface area contributed by atoms with Crippen LogP contribution in [0, 0.1) is 0 Å². The van der Waals surface area contributed by atoms with Crippen LogP contribution in [0.4, 0.5) is 5.69 Å². The third-order valence-corrected chi connectivity index (χ3v) is 5.97. The van der Waals surface area contributed by atoms with Gasteiger partial charge in [0.15, 0.2) is 0 Å². The Balaban J connectivity index is 2.09. The second-order valence-electron chi connectivity index (χ2n) is 4.84. The predicted molar refractivity (Wildman–Crippen MR) is 86.1 cm³/mol. The second kappa shape index (κ2) is 7.06. The quantitative estimate of drug-likeness (QED) is 0.820. The Bertz CT molecular complexity index is 675. The minimum atomic E-state index is -3.57. The molecule has 0 saturated heterocycles. The number of aryl methyl sites for hydroxylation is 1. The Kier molecular flexibility index (Phi) is 5.39. The summed E-state index contributed by atoms with van der Waals surface area (Å²) in [7, 11) is -3.57. The van der Waals surface area contributed by atoms with Crippen molar-refractivity contribution in [1.82, 2.24) is 0 Å². The van der Waals surface area contributed by atoms with E-state index in [0.29, 0.717) is 11.3 Å². The van der Waals surface area contributed by atoms with Gasteiger partial charge >= 0.3 is 0 Å². The van der Waals surface area contributed by atoms with Crippen LogP contribution in [0.2, 0.25) is 0 Å². The number of sulfonamides is 1. The highest BCUT2D eigenvalue weighted by Gasteiger charge is 2.16. The number of anilines is 1. The molecule has 21 heavy (non-hydrogen) atoms. The van der Waals surface area contributed by atoms with Gasteiger partial charge < -0.3 is 5.11 Å². The van der Waals surface area contributed by atoms with Gasteiger partial charge in [0.2, 0.25) is 0 Å². The SMILES string of the molecule is CCCCc1ccc(NS(=O)(=O)c2cc(CO)cs2)cc1. The lowest BCUT2D eigenvalue weighted by atomic mass is 10.1. The molecule has 2 N–H and O–H groups in total. The van der Waals surface area contributed by atoms with E-state index >= 15 is 0 Å². The zero-order valence-electron chi connectivity index (χ0n) is 11.9. The highest BCUT2D eigenvalue weighted by molar-refractivity contribution is 7.94. The molecule has 1 aromatic carbocycles. The summed E-state index contributed by atoms with van der Waals surface area (Å²) < 4.78 is 27.2. The minimum absolute atomic E-state index is 0.155. The Morgan fingerprint density at radius 3 is 2.48 bits per heavy atom. The molecule has 1 heterocycles. The first-order valence-corrected chi connectivity index (χ1v) is 9.21. The van der Waals surface area contributed by atoms with Crippen molar-refractivity contribution in [2.45, 2.75) is 37.0 Å². The third kappa shape index (κ3) is 4.30. The van der Waals surface area contributed by atoms with Gasteiger partial charge in [-0.2, -0.15) is 0 Å². The molecule has 0 aliphatic heterocycles. The van der Waals surface area contributed by atoms with E-state index < -0.39 is 10.0 Å². The Morgan fingerprint density at radius 2 is 1.90 bits per heavy atom. The number of benzene rings is 1. The van der Waals surface area contributed by atoms with Crippen LogP contribution in [0.1, 0.15) is 30.9 Å². The molecular weight excluding hydrogens is 306 g/mol. The number of hydrogen-bond acceptors (Lipinski definition) is 4. The monoisotopic (exact) mass is 325 g/mol. The second-order valence-corrected chi connectivity index (χ2v) is 7.66. The average Bonchev–Trinajstić information content (AvgIpc) is 2.96. The van der Waals surface area contributed by atoms with Crippen LogP contribution in [-0.2, 0) is 23.1 Å². The molecule has 0 radical (unpaired) electrons. The molecule has 2 rings (SSSR count). The van der Waals surface area contributed by atoms with Crippen LogP contribution in [0.15, 0.2) is 39.9 Å². The minimum Gasteiger partial charge on any atom is -0.392 e. The van der Waals surface area contributed by atoms with Crippen molar-refractivity contribution in [2.24, 2.45) is 0 Å². The lowest BCUT2D eigenvalue weighted by molar-refractivity contribution is 0.282. The summed E-state index contributed by atoms with van der Waals surface area (Å²) in [6, 6.07) is 8.94. The van der Waals surface area contributed by atoms with Crippen LogP contribution in [0.3, 0.4) is 0 Å². The van der Waals surface area contributed by atoms with E-state index in [9.17, 15) is 8.42 Å². The zero-order chi connectivity index (χ0) is 15.3. The fourth-order valence-electron chi connectivity index (χ4n) is 1.90. The molecule has 0 aliphatic carbocycles. The topological polar surface area (TPSA) is 66.4 Å². The molecule has 0 spiro atoms. The molecule has 0 saturated carbocycles. The third-order valence-electron chi connectivity index (χ3n) is 3.10. The van der Waals surface area contributed by atoms with Gasteiger partial charge in [-0.05, 0) is 47.5 Å². The predicted octanol–water partition coefficient (Wildman–Crippen LogP) is 3.38. The van der Waals surface area contributed by atoms with E-state index in [0.717, 1.165) is 30.6 Å². The Hall–Kier alpha value is -1.37. The van der Waals surface area contributed by atoms with Gasteiger partial charge in [-0.3, -0.25) is 4.72 Å². The molecular formula is C15H19NO3S2. The van der Waals surface area contributed by atoms with Crippen LogP contribution in [0.5, 0.6) is 0 Å². The molecule has 0 atom stereocenters. The molecule has 0 bridgehead atoms. The Morgan fingerprint density at radius 1 is 1.19 bits per heavy atom. The van der Waals surface area contributed by atoms with Crippen LogP contribution in [-0.4, -0.2) is 13.5 Å². The van der Waals surface area contributed by atoms with Crippen molar-refractivity contribution >= 4 is 27.0 Å². The summed E-state index contributed by atoms with van der Waals surface area (Å²) in [5, 5.41) is 10.6. The molecule has 1 aromatic heterocycles. The fraction of sp³-hybridized carbons (Fsp3) is 0.333. The molecule has 114 valence electrons. The van der Waals surface area contributed by atoms with E-state index in [-0.39, 0.29) is 10.8 Å². The molecule has 6 heteroatoms. The van der Waals surface area contributed by atoms with Crippen molar-refractivity contribution in [3.05, 3.63) is 46.8 Å². The first kappa shape index (κ1) is 16.0. The van der Waals surface area contributed by atoms with Gasteiger partial charge in [-0.15, -0.1) is 11.3 Å². The maximum Gasteiger partial charge on any atom is 0.271 e. The number of nitrogens with one attached hydrogen (secondary N) is 1. The maximum absolute atomic E-state index is 12.2. The van der Waals surface area contributed by atoms with Crippen molar-refractivity contribution in [1.29, 1.82) is 0 Å². The normalized spacial score (nSPS) is 11.5. The van der Waals surface area contributed by atoms with Crippen molar-refractivity contribution in [3.8, 4) is 0 Å². The van der Waals surface area contributed by atoms with E-state index in [1.54, 1.807) is 17.5 Å². The van der Waals surface area contributed by atoms with Crippen LogP contribution < -0.4 is 4.72 Å². The van der Waals surface area contributed by atoms with E-state index in [2.05, 4.69) is 11.6 Å². The summed E-state index contributed by atoms with van der Waals surface area (Å²) in [5.41, 5.74) is 2.36. The van der Waals surface area contributed by atoms with E-state index in [4.69, 9.17) is 5.11 Å². The number of hydrogen-bond donors (Lipinski definition) is 2. The molecule has 0 amide bonds. The molecule has 0 aliphatic rings. The van der Waals surface area contributed by atoms with E-state index in [1.165, 1.54) is 11.6 Å². The molecule has 0 unspecified atom stereocenters. The molecule has 4 nitrogen and oxygen atoms in total. The highest BCUT2D eigenvalue weighted by atomic mass is 32.2. The van der Waals surface area contributed by atoms with Gasteiger partial charge in [0.25, 0.3) is 10.0 Å². The Labute approximate surface area is 129 Å². The summed E-state index contributed by atoms with van der Waals surface area (Å²) in [6.07, 6.45) is 3.28. The standard InChI is InChI=1S/C15H19NO3S2/c1-2-3-4-12-5-7-14(8-6-12)16-21(18,19)15-9-13(10-17)11-20-15/h5-9,11,16-17H,2-4,10H2,1H3. The largest absolute Gasteiger partial charge is 0.392 e. The number of aliphatic hydroxyl groups is 1. The number of unbranched alkanes of at least 4 members (excludes halogenated alkanes) is 1. The summed E-state index contributed by atoms with van der Waals surface area (Å²) in [5.74, 6) is 0. The lowest BCUT2D eigenvalue weighted by Gasteiger charge is -2.07. The zero-order valence-corrected chi connectivity index (χ0v) is 13.5. The smallest absolute Gasteiger partial charge is 0.271 e. The summed E-state index contributed by atoms with van der Waals surface area (Å²) in [6.45, 7) is 1.99. The maximum atomic E-state index is 12.2. The van der Waals surface area contributed by atoms with Gasteiger partial charge in [0, 0.05) is 5.69 Å². The summed E-state index contributed by atoms with van der Waals surface area (Å²) in [4.78, 5) is 0. The first-order chi connectivity index (χ1) is 10.0. The van der Waals surface area contributed by atoms with Gasteiger partial charge in [-0.1, -0.05) is 25.5 Å². The lowest BCUT2D eigenvalue weighted by Crippen LogP contribution is -2.11. The van der Waals surface area contributed by atoms with Crippen LogP contribution in [0.25, 0.3) is 0 Å². The number of thiophene rings is 1. The van der Waals surface area contributed by atoms with Crippen molar-refractivity contribution in [2.75, 3.05) is 4.72 Å². The summed E-state index contributed by atoms with van der Waals surface area (Å²) >= 11 is 1.10. The van der Waals surface area contributed by atoms with Crippen LogP contribution >= 0.6 is 11.3 Å². The number of aliphatic hydroxyl groups excluding tert-OH is 1. The van der Waals surface area contributed by atoms with E-state index in [1.807, 2.05) is 12.1 Å².